The van der Waals surface area contributed by atoms with Crippen LogP contribution in [-0.2, 0) is 6.42 Å². The maximum absolute atomic E-state index is 14.2. The van der Waals surface area contributed by atoms with Crippen molar-refractivity contribution in [3.63, 3.8) is 0 Å². The van der Waals surface area contributed by atoms with Gasteiger partial charge < -0.3 is 9.47 Å². The summed E-state index contributed by atoms with van der Waals surface area (Å²) in [4.78, 5) is 13.1. The molecule has 0 aliphatic heterocycles. The summed E-state index contributed by atoms with van der Waals surface area (Å²) in [5, 5.41) is 1.45. The van der Waals surface area contributed by atoms with Crippen molar-refractivity contribution in [2.24, 2.45) is 0 Å². The van der Waals surface area contributed by atoms with Gasteiger partial charge in [-0.05, 0) is 36.8 Å². The molecule has 0 radical (unpaired) electrons. The third kappa shape index (κ3) is 2.79. The van der Waals surface area contributed by atoms with Crippen molar-refractivity contribution >= 4 is 21.9 Å². The Kier molecular flexibility index (Phi) is 4.08. The molecule has 0 aliphatic carbocycles. The molecule has 0 bridgehead atoms. The van der Waals surface area contributed by atoms with Crippen molar-refractivity contribution in [1.82, 2.24) is 15.0 Å². The number of fused-ring (bicyclic) bond motifs is 2. The van der Waals surface area contributed by atoms with Crippen LogP contribution in [0.1, 0.15) is 12.6 Å². The van der Waals surface area contributed by atoms with Crippen LogP contribution in [0.4, 0.5) is 4.39 Å². The van der Waals surface area contributed by atoms with Crippen LogP contribution < -0.4 is 9.47 Å². The average molecular weight is 349 g/mol. The Labute approximate surface area is 149 Å². The molecule has 26 heavy (non-hydrogen) atoms. The quantitative estimate of drug-likeness (QED) is 0.535. The van der Waals surface area contributed by atoms with E-state index in [1.165, 1.54) is 13.2 Å². The Morgan fingerprint density at radius 2 is 1.88 bits per heavy atom. The van der Waals surface area contributed by atoms with Gasteiger partial charge in [-0.3, -0.25) is 4.98 Å². The monoisotopic (exact) mass is 349 g/mol. The zero-order valence-electron chi connectivity index (χ0n) is 14.4. The number of aryl methyl sites for hydroxylation is 1. The predicted octanol–water partition coefficient (Wildman–Crippen LogP) is 4.68. The molecule has 0 unspecified atom stereocenters. The normalized spacial score (nSPS) is 11.0. The number of aromatic nitrogens is 3. The van der Waals surface area contributed by atoms with E-state index in [0.717, 1.165) is 11.1 Å². The standard InChI is InChI=1S/C20H16FN3O2/c1-3-15-19(9-12-5-4-7-23-20(12)24-15)26-17-6-8-22-16-11-18(25-2)14(21)10-13(16)17/h4-11H,3H2,1-2H3. The van der Waals surface area contributed by atoms with Gasteiger partial charge in [-0.25, -0.2) is 14.4 Å². The highest BCUT2D eigenvalue weighted by molar-refractivity contribution is 5.86. The van der Waals surface area contributed by atoms with Crippen LogP contribution in [0.25, 0.3) is 21.9 Å². The highest BCUT2D eigenvalue weighted by Crippen LogP contribution is 2.34. The van der Waals surface area contributed by atoms with Gasteiger partial charge in [-0.2, -0.15) is 0 Å². The van der Waals surface area contributed by atoms with Gasteiger partial charge in [0.05, 0.1) is 18.3 Å². The number of pyridine rings is 3. The number of benzene rings is 1. The second-order valence-electron chi connectivity index (χ2n) is 5.75. The lowest BCUT2D eigenvalue weighted by atomic mass is 10.1. The van der Waals surface area contributed by atoms with Gasteiger partial charge in [-0.15, -0.1) is 0 Å². The summed E-state index contributed by atoms with van der Waals surface area (Å²) in [5.41, 5.74) is 2.05. The molecule has 0 saturated heterocycles. The molecule has 6 heteroatoms. The number of halogens is 1. The molecule has 1 aromatic carbocycles. The Balaban J connectivity index is 1.84. The summed E-state index contributed by atoms with van der Waals surface area (Å²) in [6.07, 6.45) is 4.02. The topological polar surface area (TPSA) is 57.1 Å². The molecule has 3 heterocycles. The molecule has 4 aromatic rings. The van der Waals surface area contributed by atoms with E-state index >= 15 is 0 Å². The van der Waals surface area contributed by atoms with E-state index in [-0.39, 0.29) is 5.75 Å². The Hall–Kier alpha value is -3.28. The van der Waals surface area contributed by atoms with Gasteiger partial charge in [0, 0.05) is 29.2 Å². The van der Waals surface area contributed by atoms with Gasteiger partial charge in [0.15, 0.2) is 17.2 Å². The lowest BCUT2D eigenvalue weighted by Crippen LogP contribution is -1.97. The lowest BCUT2D eigenvalue weighted by Gasteiger charge is -2.13. The summed E-state index contributed by atoms with van der Waals surface area (Å²) in [7, 11) is 1.42. The summed E-state index contributed by atoms with van der Waals surface area (Å²) in [6.45, 7) is 2.00. The molecule has 0 fully saturated rings. The predicted molar refractivity (Wildman–Crippen MR) is 97.2 cm³/mol. The lowest BCUT2D eigenvalue weighted by molar-refractivity contribution is 0.387. The highest BCUT2D eigenvalue weighted by atomic mass is 19.1. The molecule has 5 nitrogen and oxygen atoms in total. The first kappa shape index (κ1) is 16.2. The van der Waals surface area contributed by atoms with Crippen molar-refractivity contribution in [3.8, 4) is 17.2 Å². The van der Waals surface area contributed by atoms with E-state index in [1.54, 1.807) is 24.5 Å². The summed E-state index contributed by atoms with van der Waals surface area (Å²) < 4.78 is 25.3. The van der Waals surface area contributed by atoms with Gasteiger partial charge in [0.25, 0.3) is 0 Å². The van der Waals surface area contributed by atoms with E-state index < -0.39 is 5.82 Å². The number of rotatable bonds is 4. The Bertz CT molecular complexity index is 1110. The first-order valence-electron chi connectivity index (χ1n) is 8.24. The molecule has 0 atom stereocenters. The molecular formula is C20H16FN3O2. The Morgan fingerprint density at radius 3 is 2.69 bits per heavy atom. The second-order valence-corrected chi connectivity index (χ2v) is 5.75. The molecule has 0 aliphatic rings. The van der Waals surface area contributed by atoms with Gasteiger partial charge in [0.2, 0.25) is 0 Å². The smallest absolute Gasteiger partial charge is 0.165 e. The fourth-order valence-corrected chi connectivity index (χ4v) is 2.85. The van der Waals surface area contributed by atoms with E-state index in [2.05, 4.69) is 15.0 Å². The minimum Gasteiger partial charge on any atom is -0.494 e. The minimum absolute atomic E-state index is 0.148. The number of methoxy groups -OCH3 is 1. The van der Waals surface area contributed by atoms with E-state index in [4.69, 9.17) is 9.47 Å². The van der Waals surface area contributed by atoms with Crippen LogP contribution in [0.3, 0.4) is 0 Å². The van der Waals surface area contributed by atoms with Crippen LogP contribution in [0.5, 0.6) is 17.2 Å². The summed E-state index contributed by atoms with van der Waals surface area (Å²) in [5.74, 6) is 0.817. The molecule has 3 aromatic heterocycles. The number of hydrogen-bond acceptors (Lipinski definition) is 5. The third-order valence-corrected chi connectivity index (χ3v) is 4.16. The fraction of sp³-hybridized carbons (Fsp3) is 0.150. The van der Waals surface area contributed by atoms with Crippen LogP contribution in [-0.4, -0.2) is 22.1 Å². The van der Waals surface area contributed by atoms with E-state index in [9.17, 15) is 4.39 Å². The maximum atomic E-state index is 14.2. The zero-order valence-corrected chi connectivity index (χ0v) is 14.4. The molecular weight excluding hydrogens is 333 g/mol. The number of hydrogen-bond donors (Lipinski definition) is 0. The van der Waals surface area contributed by atoms with Crippen LogP contribution >= 0.6 is 0 Å². The summed E-state index contributed by atoms with van der Waals surface area (Å²) in [6, 6.07) is 10.3. The average Bonchev–Trinajstić information content (AvgIpc) is 2.67. The van der Waals surface area contributed by atoms with Crippen molar-refractivity contribution in [2.75, 3.05) is 7.11 Å². The van der Waals surface area contributed by atoms with Crippen molar-refractivity contribution < 1.29 is 13.9 Å². The largest absolute Gasteiger partial charge is 0.494 e. The molecule has 0 spiro atoms. The molecule has 0 amide bonds. The minimum atomic E-state index is -0.464. The number of ether oxygens (including phenoxy) is 2. The fourth-order valence-electron chi connectivity index (χ4n) is 2.85. The first-order chi connectivity index (χ1) is 12.7. The second kappa shape index (κ2) is 6.55. The molecule has 130 valence electrons. The van der Waals surface area contributed by atoms with Crippen molar-refractivity contribution in [3.05, 3.63) is 60.3 Å². The Morgan fingerprint density at radius 1 is 1.00 bits per heavy atom. The van der Waals surface area contributed by atoms with Crippen LogP contribution in [0.15, 0.2) is 48.8 Å². The zero-order chi connectivity index (χ0) is 18.1. The SMILES string of the molecule is CCc1nc2ncccc2cc1Oc1ccnc2cc(OC)c(F)cc12. The maximum Gasteiger partial charge on any atom is 0.165 e. The number of nitrogens with zero attached hydrogens (tertiary/aromatic N) is 3. The van der Waals surface area contributed by atoms with Crippen LogP contribution in [0.2, 0.25) is 0 Å². The molecule has 0 saturated carbocycles. The molecule has 4 rings (SSSR count). The van der Waals surface area contributed by atoms with E-state index in [1.807, 2.05) is 25.1 Å². The first-order valence-corrected chi connectivity index (χ1v) is 8.24. The highest BCUT2D eigenvalue weighted by Gasteiger charge is 2.13. The van der Waals surface area contributed by atoms with Gasteiger partial charge in [0.1, 0.15) is 11.5 Å². The summed E-state index contributed by atoms with van der Waals surface area (Å²) >= 11 is 0. The molecule has 0 N–H and O–H groups in total. The van der Waals surface area contributed by atoms with Gasteiger partial charge >= 0.3 is 0 Å². The van der Waals surface area contributed by atoms with E-state index in [0.29, 0.717) is 34.5 Å². The van der Waals surface area contributed by atoms with Gasteiger partial charge in [-0.1, -0.05) is 6.92 Å². The van der Waals surface area contributed by atoms with Crippen molar-refractivity contribution in [1.29, 1.82) is 0 Å². The van der Waals surface area contributed by atoms with Crippen LogP contribution in [0, 0.1) is 5.82 Å². The van der Waals surface area contributed by atoms with Crippen molar-refractivity contribution in [2.45, 2.75) is 13.3 Å². The third-order valence-electron chi connectivity index (χ3n) is 4.16.